The van der Waals surface area contributed by atoms with E-state index in [1.807, 2.05) is 13.8 Å². The van der Waals surface area contributed by atoms with E-state index in [-0.39, 0.29) is 23.6 Å². The van der Waals surface area contributed by atoms with Crippen molar-refractivity contribution in [1.29, 1.82) is 5.26 Å². The average Bonchev–Trinajstić information content (AvgIpc) is 3.28. The number of sulfonamides is 1. The summed E-state index contributed by atoms with van der Waals surface area (Å²) in [7, 11) is -3.83. The number of alkyl halides is 3. The minimum Gasteiger partial charge on any atom is -0.266 e. The molecule has 0 N–H and O–H groups in total. The van der Waals surface area contributed by atoms with E-state index in [1.54, 1.807) is 6.07 Å². The second kappa shape index (κ2) is 6.63. The summed E-state index contributed by atoms with van der Waals surface area (Å²) in [4.78, 5) is 0. The third kappa shape index (κ3) is 2.73. The number of fused-ring (bicyclic) bond motifs is 5. The topological polar surface area (TPSA) is 61.2 Å². The van der Waals surface area contributed by atoms with Gasteiger partial charge in [-0.3, -0.25) is 4.31 Å². The molecule has 0 unspecified atom stereocenters. The van der Waals surface area contributed by atoms with Gasteiger partial charge in [-0.1, -0.05) is 19.8 Å². The quantitative estimate of drug-likeness (QED) is 0.674. The van der Waals surface area contributed by atoms with Crippen molar-refractivity contribution in [3.8, 4) is 6.07 Å². The van der Waals surface area contributed by atoms with Crippen LogP contribution in [0.2, 0.25) is 0 Å². The summed E-state index contributed by atoms with van der Waals surface area (Å²) in [6.45, 7) is 3.83. The van der Waals surface area contributed by atoms with Crippen LogP contribution in [0.5, 0.6) is 0 Å². The van der Waals surface area contributed by atoms with Crippen LogP contribution in [-0.4, -0.2) is 19.2 Å². The maximum Gasteiger partial charge on any atom is 0.417 e. The van der Waals surface area contributed by atoms with Gasteiger partial charge in [0.2, 0.25) is 10.0 Å². The van der Waals surface area contributed by atoms with Crippen LogP contribution in [-0.2, 0) is 16.2 Å². The van der Waals surface area contributed by atoms with Gasteiger partial charge in [0.05, 0.1) is 27.6 Å². The third-order valence-corrected chi connectivity index (χ3v) is 10.2. The van der Waals surface area contributed by atoms with E-state index in [9.17, 15) is 21.6 Å². The van der Waals surface area contributed by atoms with Crippen LogP contribution in [0, 0.1) is 29.1 Å². The van der Waals surface area contributed by atoms with Crippen molar-refractivity contribution in [2.24, 2.45) is 17.8 Å². The normalized spacial score (nSPS) is 35.0. The summed E-state index contributed by atoms with van der Waals surface area (Å²) in [6, 6.07) is 4.54. The fraction of sp³-hybridized carbons (Fsp3) is 0.667. The molecule has 1 aromatic carbocycles. The van der Waals surface area contributed by atoms with Crippen LogP contribution in [0.4, 0.5) is 18.9 Å². The lowest BCUT2D eigenvalue weighted by molar-refractivity contribution is -0.137. The number of nitrogens with zero attached hydrogens (tertiary/aromatic N) is 2. The number of unbranched alkanes of at least 4 members (excludes halogenated alkanes) is 1. The zero-order chi connectivity index (χ0) is 21.2. The molecule has 1 saturated heterocycles. The van der Waals surface area contributed by atoms with E-state index in [2.05, 4.69) is 0 Å². The van der Waals surface area contributed by atoms with Crippen molar-refractivity contribution in [2.75, 3.05) is 4.31 Å². The lowest BCUT2D eigenvalue weighted by Crippen LogP contribution is -2.44. The largest absolute Gasteiger partial charge is 0.417 e. The molecule has 0 aromatic heterocycles. The summed E-state index contributed by atoms with van der Waals surface area (Å²) < 4.78 is 68.4. The summed E-state index contributed by atoms with van der Waals surface area (Å²) in [6.07, 6.45) is 0.400. The standard InChI is InChI=1S/C21H25F3N2O2S/c1-3-4-5-18-19-13-6-8-15(10-13)20(19,2)29(27,28)26(18)16-9-7-14(12-25)17(11-16)21(22,23)24/h7,9,11,13,15,18-19H,3-6,8,10H2,1-2H3/t13-,15+,18+,19+,20+/m0/s1. The molecule has 4 rings (SSSR count). The molecule has 0 amide bonds. The zero-order valence-corrected chi connectivity index (χ0v) is 17.4. The van der Waals surface area contributed by atoms with Gasteiger partial charge in [-0.05, 0) is 62.6 Å². The Balaban J connectivity index is 1.87. The van der Waals surface area contributed by atoms with Crippen molar-refractivity contribution in [1.82, 2.24) is 0 Å². The predicted octanol–water partition coefficient (Wildman–Crippen LogP) is 5.09. The molecule has 29 heavy (non-hydrogen) atoms. The second-order valence-electron chi connectivity index (χ2n) is 8.83. The van der Waals surface area contributed by atoms with Crippen LogP contribution in [0.1, 0.15) is 63.5 Å². The van der Waals surface area contributed by atoms with E-state index in [0.29, 0.717) is 12.3 Å². The molecule has 1 heterocycles. The molecule has 0 spiro atoms. The number of halogens is 3. The summed E-state index contributed by atoms with van der Waals surface area (Å²) in [5.41, 5.74) is -1.53. The van der Waals surface area contributed by atoms with Gasteiger partial charge in [0.25, 0.3) is 0 Å². The highest BCUT2D eigenvalue weighted by molar-refractivity contribution is 7.94. The number of nitriles is 1. The number of rotatable bonds is 4. The van der Waals surface area contributed by atoms with Crippen molar-refractivity contribution in [3.05, 3.63) is 29.3 Å². The maximum absolute atomic E-state index is 13.8. The minimum absolute atomic E-state index is 0.0347. The fourth-order valence-corrected chi connectivity index (χ4v) is 9.00. The Morgan fingerprint density at radius 2 is 2.03 bits per heavy atom. The summed E-state index contributed by atoms with van der Waals surface area (Å²) in [5.74, 6) is 0.326. The minimum atomic E-state index is -4.72. The lowest BCUT2D eigenvalue weighted by Gasteiger charge is -2.34. The Kier molecular flexibility index (Phi) is 4.69. The Morgan fingerprint density at radius 3 is 2.66 bits per heavy atom. The van der Waals surface area contributed by atoms with Crippen molar-refractivity contribution < 1.29 is 21.6 Å². The maximum atomic E-state index is 13.8. The molecule has 158 valence electrons. The molecule has 4 nitrogen and oxygen atoms in total. The van der Waals surface area contributed by atoms with E-state index in [1.165, 1.54) is 10.4 Å². The van der Waals surface area contributed by atoms with E-state index < -0.39 is 32.1 Å². The Hall–Kier alpha value is -1.75. The first-order valence-electron chi connectivity index (χ1n) is 10.2. The van der Waals surface area contributed by atoms with Crippen LogP contribution >= 0.6 is 0 Å². The molecule has 5 atom stereocenters. The number of benzene rings is 1. The summed E-state index contributed by atoms with van der Waals surface area (Å²) in [5, 5.41) is 9.08. The van der Waals surface area contributed by atoms with E-state index in [4.69, 9.17) is 5.26 Å². The van der Waals surface area contributed by atoms with Crippen LogP contribution in [0.25, 0.3) is 0 Å². The Bertz CT molecular complexity index is 969. The molecular weight excluding hydrogens is 401 g/mol. The molecule has 2 bridgehead atoms. The number of hydrogen-bond acceptors (Lipinski definition) is 3. The van der Waals surface area contributed by atoms with Crippen LogP contribution in [0.15, 0.2) is 18.2 Å². The highest BCUT2D eigenvalue weighted by Crippen LogP contribution is 2.65. The monoisotopic (exact) mass is 426 g/mol. The number of anilines is 1. The highest BCUT2D eigenvalue weighted by Gasteiger charge is 2.71. The first-order chi connectivity index (χ1) is 13.6. The molecule has 3 fully saturated rings. The van der Waals surface area contributed by atoms with Gasteiger partial charge < -0.3 is 0 Å². The highest BCUT2D eigenvalue weighted by atomic mass is 32.2. The molecule has 3 aliphatic rings. The first-order valence-corrected chi connectivity index (χ1v) is 11.7. The molecule has 1 aliphatic heterocycles. The molecule has 1 aromatic rings. The van der Waals surface area contributed by atoms with E-state index in [0.717, 1.165) is 44.2 Å². The van der Waals surface area contributed by atoms with Gasteiger partial charge in [-0.15, -0.1) is 0 Å². The molecule has 2 saturated carbocycles. The lowest BCUT2D eigenvalue weighted by atomic mass is 9.74. The Labute approximate surface area is 169 Å². The van der Waals surface area contributed by atoms with Crippen molar-refractivity contribution in [2.45, 2.75) is 69.3 Å². The third-order valence-electron chi connectivity index (χ3n) is 7.52. The predicted molar refractivity (Wildman–Crippen MR) is 104 cm³/mol. The SMILES string of the molecule is CCCC[C@@H]1[C@H]2[C@H]3CC[C@H](C3)[C@@]2(C)S(=O)(=O)N1c1ccc(C#N)c(C(F)(F)F)c1. The first kappa shape index (κ1) is 20.5. The smallest absolute Gasteiger partial charge is 0.266 e. The summed E-state index contributed by atoms with van der Waals surface area (Å²) >= 11 is 0. The van der Waals surface area contributed by atoms with Gasteiger partial charge >= 0.3 is 6.18 Å². The van der Waals surface area contributed by atoms with Gasteiger partial charge in [-0.25, -0.2) is 8.42 Å². The molecular formula is C21H25F3N2O2S. The zero-order valence-electron chi connectivity index (χ0n) is 16.5. The number of hydrogen-bond donors (Lipinski definition) is 0. The van der Waals surface area contributed by atoms with Crippen molar-refractivity contribution >= 4 is 15.7 Å². The Morgan fingerprint density at radius 1 is 1.31 bits per heavy atom. The molecule has 8 heteroatoms. The van der Waals surface area contributed by atoms with Gasteiger partial charge in [-0.2, -0.15) is 18.4 Å². The van der Waals surface area contributed by atoms with Crippen LogP contribution < -0.4 is 4.31 Å². The van der Waals surface area contributed by atoms with Crippen LogP contribution in [0.3, 0.4) is 0 Å². The molecule has 2 aliphatic carbocycles. The average molecular weight is 427 g/mol. The molecule has 0 radical (unpaired) electrons. The van der Waals surface area contributed by atoms with Crippen molar-refractivity contribution in [3.63, 3.8) is 0 Å². The fourth-order valence-electron chi connectivity index (χ4n) is 6.26. The van der Waals surface area contributed by atoms with Gasteiger partial charge in [0.1, 0.15) is 0 Å². The van der Waals surface area contributed by atoms with Gasteiger partial charge in [0, 0.05) is 12.0 Å². The second-order valence-corrected chi connectivity index (χ2v) is 11.1. The van der Waals surface area contributed by atoms with Gasteiger partial charge in [0.15, 0.2) is 0 Å². The van der Waals surface area contributed by atoms with E-state index >= 15 is 0 Å².